The third kappa shape index (κ3) is 5.63. The molecule has 0 heterocycles. The molecule has 3 heteroatoms. The molecule has 0 N–H and O–H groups in total. The van der Waals surface area contributed by atoms with Crippen LogP contribution in [-0.2, 0) is 19.8 Å². The van der Waals surface area contributed by atoms with Crippen molar-refractivity contribution in [2.45, 2.75) is 26.4 Å². The van der Waals surface area contributed by atoms with E-state index in [2.05, 4.69) is 26.0 Å². The molecule has 0 aliphatic rings. The lowest BCUT2D eigenvalue weighted by molar-refractivity contribution is -0.0551. The van der Waals surface area contributed by atoms with E-state index in [1.165, 1.54) is 5.56 Å². The molecule has 0 aromatic heterocycles. The van der Waals surface area contributed by atoms with E-state index in [1.54, 1.807) is 0 Å². The second-order valence-electron chi connectivity index (χ2n) is 4.53. The van der Waals surface area contributed by atoms with E-state index in [0.717, 1.165) is 6.61 Å². The largest absolute Gasteiger partial charge is 0.379 e. The zero-order chi connectivity index (χ0) is 13.3. The summed E-state index contributed by atoms with van der Waals surface area (Å²) in [6.45, 7) is 9.33. The second kappa shape index (κ2) is 8.25. The van der Waals surface area contributed by atoms with Gasteiger partial charge >= 0.3 is 0 Å². The topological polar surface area (TPSA) is 27.7 Å². The number of hydrogen-bond acceptors (Lipinski definition) is 3. The van der Waals surface area contributed by atoms with Gasteiger partial charge in [-0.1, -0.05) is 30.3 Å². The van der Waals surface area contributed by atoms with E-state index in [9.17, 15) is 0 Å². The first-order valence-electron chi connectivity index (χ1n) is 6.52. The molecule has 0 aliphatic heterocycles. The molecular weight excluding hydrogens is 228 g/mol. The molecule has 1 rings (SSSR count). The summed E-state index contributed by atoms with van der Waals surface area (Å²) in [6.07, 6.45) is 0. The molecule has 0 saturated heterocycles. The van der Waals surface area contributed by atoms with Gasteiger partial charge in [0.2, 0.25) is 0 Å². The van der Waals surface area contributed by atoms with Crippen LogP contribution in [0.1, 0.15) is 26.3 Å². The number of rotatable bonds is 9. The van der Waals surface area contributed by atoms with Crippen LogP contribution in [0.3, 0.4) is 0 Å². The Morgan fingerprint density at radius 3 is 2.17 bits per heavy atom. The lowest BCUT2D eigenvalue weighted by atomic mass is 9.98. The number of hydrogen-bond donors (Lipinski definition) is 0. The van der Waals surface area contributed by atoms with Crippen molar-refractivity contribution in [3.63, 3.8) is 0 Å². The first-order valence-corrected chi connectivity index (χ1v) is 6.52. The van der Waals surface area contributed by atoms with Crippen LogP contribution < -0.4 is 0 Å². The summed E-state index contributed by atoms with van der Waals surface area (Å²) in [5, 5.41) is 0. The fraction of sp³-hybridized carbons (Fsp3) is 0.600. The predicted octanol–water partition coefficient (Wildman–Crippen LogP) is 2.99. The average Bonchev–Trinajstić information content (AvgIpc) is 2.39. The first kappa shape index (κ1) is 15.2. The standard InChI is InChI=1S/C15H24O3/c1-4-16-10-11-17-12-13-18-15(2,3)14-8-6-5-7-9-14/h5-9H,4,10-13H2,1-3H3. The van der Waals surface area contributed by atoms with Gasteiger partial charge in [-0.3, -0.25) is 0 Å². The Kier molecular flexibility index (Phi) is 6.94. The minimum atomic E-state index is -0.273. The van der Waals surface area contributed by atoms with Gasteiger partial charge in [0.05, 0.1) is 32.0 Å². The Bertz CT molecular complexity index is 309. The lowest BCUT2D eigenvalue weighted by Crippen LogP contribution is -2.24. The molecule has 0 atom stereocenters. The second-order valence-corrected chi connectivity index (χ2v) is 4.53. The van der Waals surface area contributed by atoms with Crippen LogP contribution in [0.25, 0.3) is 0 Å². The first-order chi connectivity index (χ1) is 8.67. The summed E-state index contributed by atoms with van der Waals surface area (Å²) in [7, 11) is 0. The van der Waals surface area contributed by atoms with Crippen LogP contribution in [0.4, 0.5) is 0 Å². The van der Waals surface area contributed by atoms with E-state index in [4.69, 9.17) is 14.2 Å². The summed E-state index contributed by atoms with van der Waals surface area (Å²) in [4.78, 5) is 0. The highest BCUT2D eigenvalue weighted by molar-refractivity contribution is 5.20. The van der Waals surface area contributed by atoms with Gasteiger partial charge in [-0.25, -0.2) is 0 Å². The maximum atomic E-state index is 5.86. The van der Waals surface area contributed by atoms with Crippen LogP contribution in [0.2, 0.25) is 0 Å². The van der Waals surface area contributed by atoms with E-state index >= 15 is 0 Å². The molecule has 102 valence electrons. The van der Waals surface area contributed by atoms with Gasteiger partial charge in [-0.2, -0.15) is 0 Å². The van der Waals surface area contributed by atoms with Crippen LogP contribution in [0.5, 0.6) is 0 Å². The molecule has 0 aliphatic carbocycles. The molecule has 0 saturated carbocycles. The van der Waals surface area contributed by atoms with Crippen LogP contribution >= 0.6 is 0 Å². The van der Waals surface area contributed by atoms with Crippen molar-refractivity contribution in [2.24, 2.45) is 0 Å². The molecule has 0 fully saturated rings. The molecule has 0 amide bonds. The van der Waals surface area contributed by atoms with Crippen LogP contribution in [-0.4, -0.2) is 33.0 Å². The highest BCUT2D eigenvalue weighted by Gasteiger charge is 2.20. The summed E-state index contributed by atoms with van der Waals surface area (Å²) >= 11 is 0. The highest BCUT2D eigenvalue weighted by Crippen LogP contribution is 2.23. The van der Waals surface area contributed by atoms with Crippen molar-refractivity contribution < 1.29 is 14.2 Å². The normalized spacial score (nSPS) is 11.7. The van der Waals surface area contributed by atoms with E-state index in [-0.39, 0.29) is 5.60 Å². The summed E-state index contributed by atoms with van der Waals surface area (Å²) < 4.78 is 16.5. The monoisotopic (exact) mass is 252 g/mol. The van der Waals surface area contributed by atoms with Crippen molar-refractivity contribution in [1.82, 2.24) is 0 Å². The lowest BCUT2D eigenvalue weighted by Gasteiger charge is -2.25. The van der Waals surface area contributed by atoms with Crippen molar-refractivity contribution >= 4 is 0 Å². The molecule has 0 radical (unpaired) electrons. The van der Waals surface area contributed by atoms with Gasteiger partial charge in [0, 0.05) is 6.61 Å². The SMILES string of the molecule is CCOCCOCCOC(C)(C)c1ccccc1. The maximum absolute atomic E-state index is 5.86. The van der Waals surface area contributed by atoms with Crippen LogP contribution in [0.15, 0.2) is 30.3 Å². The van der Waals surface area contributed by atoms with Gasteiger partial charge in [-0.15, -0.1) is 0 Å². The summed E-state index contributed by atoms with van der Waals surface area (Å²) in [6, 6.07) is 10.2. The molecular formula is C15H24O3. The van der Waals surface area contributed by atoms with Gasteiger partial charge in [0.25, 0.3) is 0 Å². The molecule has 0 unspecified atom stereocenters. The molecule has 1 aromatic rings. The van der Waals surface area contributed by atoms with E-state index in [1.807, 2.05) is 25.1 Å². The van der Waals surface area contributed by atoms with Gasteiger partial charge < -0.3 is 14.2 Å². The maximum Gasteiger partial charge on any atom is 0.0876 e. The minimum absolute atomic E-state index is 0.273. The Labute approximate surface area is 110 Å². The molecule has 1 aromatic carbocycles. The quantitative estimate of drug-likeness (QED) is 0.632. The Morgan fingerprint density at radius 1 is 0.889 bits per heavy atom. The van der Waals surface area contributed by atoms with E-state index in [0.29, 0.717) is 26.4 Å². The van der Waals surface area contributed by atoms with Gasteiger partial charge in [0.15, 0.2) is 0 Å². The van der Waals surface area contributed by atoms with Gasteiger partial charge in [0.1, 0.15) is 0 Å². The van der Waals surface area contributed by atoms with Crippen molar-refractivity contribution in [3.05, 3.63) is 35.9 Å². The fourth-order valence-corrected chi connectivity index (χ4v) is 1.64. The third-order valence-corrected chi connectivity index (χ3v) is 2.74. The van der Waals surface area contributed by atoms with E-state index < -0.39 is 0 Å². The fourth-order valence-electron chi connectivity index (χ4n) is 1.64. The van der Waals surface area contributed by atoms with Crippen molar-refractivity contribution in [1.29, 1.82) is 0 Å². The molecule has 0 bridgehead atoms. The molecule has 0 spiro atoms. The highest BCUT2D eigenvalue weighted by atomic mass is 16.5. The summed E-state index contributed by atoms with van der Waals surface area (Å²) in [5.41, 5.74) is 0.907. The Morgan fingerprint density at radius 2 is 1.50 bits per heavy atom. The zero-order valence-electron chi connectivity index (χ0n) is 11.6. The van der Waals surface area contributed by atoms with Gasteiger partial charge in [-0.05, 0) is 26.3 Å². The van der Waals surface area contributed by atoms with Crippen molar-refractivity contribution in [3.8, 4) is 0 Å². The smallest absolute Gasteiger partial charge is 0.0876 e. The predicted molar refractivity (Wildman–Crippen MR) is 72.7 cm³/mol. The zero-order valence-corrected chi connectivity index (χ0v) is 11.6. The number of benzene rings is 1. The third-order valence-electron chi connectivity index (χ3n) is 2.74. The van der Waals surface area contributed by atoms with Crippen LogP contribution in [0, 0.1) is 0 Å². The van der Waals surface area contributed by atoms with Crippen molar-refractivity contribution in [2.75, 3.05) is 33.0 Å². The molecule has 3 nitrogen and oxygen atoms in total. The Hall–Kier alpha value is -0.900. The number of ether oxygens (including phenoxy) is 3. The minimum Gasteiger partial charge on any atom is -0.379 e. The molecule has 18 heavy (non-hydrogen) atoms. The average molecular weight is 252 g/mol. The summed E-state index contributed by atoms with van der Waals surface area (Å²) in [5.74, 6) is 0. The Balaban J connectivity index is 2.18.